The monoisotopic (exact) mass is 600 g/mol. The number of pyridine rings is 1. The van der Waals surface area contributed by atoms with E-state index in [0.29, 0.717) is 0 Å². The van der Waals surface area contributed by atoms with Gasteiger partial charge < -0.3 is 9.13 Å². The molecule has 3 heterocycles. The van der Waals surface area contributed by atoms with Crippen LogP contribution in [0.25, 0.3) is 93.6 Å². The van der Waals surface area contributed by atoms with Crippen molar-refractivity contribution in [3.8, 4) is 28.2 Å². The molecule has 0 saturated heterocycles. The molecule has 7 aromatic carbocycles. The fraction of sp³-hybridized carbons (Fsp3) is 0.0233. The van der Waals surface area contributed by atoms with Crippen molar-refractivity contribution in [2.45, 2.75) is 0 Å². The van der Waals surface area contributed by atoms with Crippen molar-refractivity contribution >= 4 is 65.4 Å². The van der Waals surface area contributed by atoms with Crippen LogP contribution in [0.4, 0.5) is 0 Å². The summed E-state index contributed by atoms with van der Waals surface area (Å²) in [4.78, 5) is 10.7. The zero-order valence-electron chi connectivity index (χ0n) is 25.7. The Morgan fingerprint density at radius 3 is 1.68 bits per heavy atom. The maximum Gasteiger partial charge on any atom is 0.140 e. The van der Waals surface area contributed by atoms with Crippen molar-refractivity contribution in [2.75, 3.05) is 0 Å². The smallest absolute Gasteiger partial charge is 0.140 e. The second-order valence-electron chi connectivity index (χ2n) is 12.2. The minimum Gasteiger partial charge on any atom is -0.327 e. The van der Waals surface area contributed by atoms with Gasteiger partial charge in [-0.2, -0.15) is 0 Å². The van der Waals surface area contributed by atoms with E-state index in [4.69, 9.17) is 9.97 Å². The molecule has 0 spiro atoms. The molecular weight excluding hydrogens is 573 g/mol. The third-order valence-corrected chi connectivity index (χ3v) is 9.69. The van der Waals surface area contributed by atoms with Crippen molar-refractivity contribution < 1.29 is 0 Å². The Morgan fingerprint density at radius 1 is 0.447 bits per heavy atom. The number of fused-ring (bicyclic) bond motifs is 10. The molecule has 0 bridgehead atoms. The molecule has 0 aliphatic carbocycles. The van der Waals surface area contributed by atoms with Crippen LogP contribution in [0.5, 0.6) is 0 Å². The topological polar surface area (TPSA) is 35.6 Å². The fourth-order valence-electron chi connectivity index (χ4n) is 7.63. The summed E-state index contributed by atoms with van der Waals surface area (Å²) in [6, 6.07) is 53.9. The first-order valence-electron chi connectivity index (χ1n) is 16.0. The summed E-state index contributed by atoms with van der Waals surface area (Å²) in [6.45, 7) is 0. The van der Waals surface area contributed by atoms with Gasteiger partial charge in [-0.05, 0) is 48.0 Å². The van der Waals surface area contributed by atoms with Crippen LogP contribution in [0, 0.1) is 0 Å². The minimum absolute atomic E-state index is 0.929. The minimum atomic E-state index is 0.929. The van der Waals surface area contributed by atoms with E-state index < -0.39 is 0 Å². The second kappa shape index (κ2) is 9.87. The molecule has 0 atom stereocenters. The van der Waals surface area contributed by atoms with Gasteiger partial charge >= 0.3 is 0 Å². The molecular formula is C43H28N4. The molecule has 4 nitrogen and oxygen atoms in total. The lowest BCUT2D eigenvalue weighted by Crippen LogP contribution is -1.97. The Balaban J connectivity index is 1.26. The van der Waals surface area contributed by atoms with Gasteiger partial charge in [0.1, 0.15) is 5.82 Å². The molecule has 10 rings (SSSR count). The van der Waals surface area contributed by atoms with Crippen LogP contribution in [0.3, 0.4) is 0 Å². The first-order chi connectivity index (χ1) is 23.3. The van der Waals surface area contributed by atoms with Gasteiger partial charge in [0.05, 0.1) is 33.1 Å². The number of nitrogens with zero attached hydrogens (tertiary/aromatic N) is 4. The maximum atomic E-state index is 5.40. The molecule has 3 aromatic heterocycles. The second-order valence-corrected chi connectivity index (χ2v) is 12.2. The Labute approximate surface area is 270 Å². The molecule has 220 valence electrons. The number of para-hydroxylation sites is 3. The van der Waals surface area contributed by atoms with Crippen LogP contribution in [0.15, 0.2) is 152 Å². The van der Waals surface area contributed by atoms with Crippen LogP contribution in [-0.4, -0.2) is 19.1 Å². The number of aromatic nitrogens is 4. The summed E-state index contributed by atoms with van der Waals surface area (Å²) < 4.78 is 4.62. The van der Waals surface area contributed by atoms with Crippen LogP contribution in [0.1, 0.15) is 0 Å². The Bertz CT molecular complexity index is 2790. The molecule has 47 heavy (non-hydrogen) atoms. The zero-order chi connectivity index (χ0) is 31.1. The van der Waals surface area contributed by atoms with Crippen molar-refractivity contribution in [1.29, 1.82) is 0 Å². The molecule has 4 heteroatoms. The summed E-state index contributed by atoms with van der Waals surface area (Å²) in [5.74, 6) is 0.929. The molecule has 10 aromatic rings. The number of hydrogen-bond donors (Lipinski definition) is 0. The van der Waals surface area contributed by atoms with E-state index in [0.717, 1.165) is 60.7 Å². The van der Waals surface area contributed by atoms with E-state index in [1.165, 1.54) is 32.9 Å². The highest BCUT2D eigenvalue weighted by atomic mass is 15.1. The van der Waals surface area contributed by atoms with Crippen molar-refractivity contribution in [2.24, 2.45) is 7.05 Å². The van der Waals surface area contributed by atoms with Crippen LogP contribution >= 0.6 is 0 Å². The number of benzene rings is 7. The molecule has 0 aliphatic heterocycles. The van der Waals surface area contributed by atoms with Crippen molar-refractivity contribution in [1.82, 2.24) is 19.1 Å². The van der Waals surface area contributed by atoms with Gasteiger partial charge in [-0.1, -0.05) is 109 Å². The maximum absolute atomic E-state index is 5.40. The molecule has 0 radical (unpaired) electrons. The molecule has 0 fully saturated rings. The first kappa shape index (κ1) is 26.0. The lowest BCUT2D eigenvalue weighted by Gasteiger charge is -2.15. The normalized spacial score (nSPS) is 11.9. The lowest BCUT2D eigenvalue weighted by molar-refractivity contribution is 0.962. The van der Waals surface area contributed by atoms with Crippen molar-refractivity contribution in [3.05, 3.63) is 152 Å². The summed E-state index contributed by atoms with van der Waals surface area (Å²) in [5, 5.41) is 7.02. The van der Waals surface area contributed by atoms with Crippen molar-refractivity contribution in [3.63, 3.8) is 0 Å². The molecule has 0 aliphatic rings. The number of imidazole rings is 1. The van der Waals surface area contributed by atoms with Crippen LogP contribution in [0.2, 0.25) is 0 Å². The van der Waals surface area contributed by atoms with Crippen LogP contribution in [-0.2, 0) is 7.05 Å². The van der Waals surface area contributed by atoms with Gasteiger partial charge in [0, 0.05) is 56.2 Å². The van der Waals surface area contributed by atoms with Gasteiger partial charge in [0.15, 0.2) is 0 Å². The average Bonchev–Trinajstić information content (AvgIpc) is 3.66. The zero-order valence-corrected chi connectivity index (χ0v) is 25.7. The molecule has 0 N–H and O–H groups in total. The van der Waals surface area contributed by atoms with E-state index >= 15 is 0 Å². The third kappa shape index (κ3) is 3.70. The highest BCUT2D eigenvalue weighted by Crippen LogP contribution is 2.43. The highest BCUT2D eigenvalue weighted by molar-refractivity contribution is 6.29. The van der Waals surface area contributed by atoms with Crippen LogP contribution < -0.4 is 0 Å². The quantitative estimate of drug-likeness (QED) is 0.149. The average molecular weight is 601 g/mol. The summed E-state index contributed by atoms with van der Waals surface area (Å²) in [5.41, 5.74) is 11.1. The summed E-state index contributed by atoms with van der Waals surface area (Å²) in [7, 11) is 2.14. The molecule has 0 saturated carbocycles. The first-order valence-corrected chi connectivity index (χ1v) is 16.0. The molecule has 0 amide bonds. The number of hydrogen-bond acceptors (Lipinski definition) is 2. The Morgan fingerprint density at radius 2 is 1.00 bits per heavy atom. The molecule has 0 unspecified atom stereocenters. The van der Waals surface area contributed by atoms with Gasteiger partial charge in [-0.3, -0.25) is 0 Å². The lowest BCUT2D eigenvalue weighted by atomic mass is 9.93. The van der Waals surface area contributed by atoms with E-state index in [1.807, 2.05) is 0 Å². The predicted octanol–water partition coefficient (Wildman–Crippen LogP) is 10.9. The number of rotatable bonds is 3. The van der Waals surface area contributed by atoms with Gasteiger partial charge in [-0.25, -0.2) is 9.97 Å². The SMILES string of the molecule is Cn1c(-c2ccc(-n3c4ccccc4c4ccccc43)cc2)nc2c3ccccc3c3nc4ccccc4c(-c4ccccc4)c3c21. The highest BCUT2D eigenvalue weighted by Gasteiger charge is 2.22. The standard InChI is InChI=1S/C43H28N4/c1-46-42-39-38(27-13-3-2-4-14-27)34-19-7-10-20-35(34)44-40(39)32-17-5-6-18-33(32)41(42)45-43(46)28-23-25-29(26-24-28)47-36-21-11-8-15-30(36)31-16-9-12-22-37(31)47/h2-26H,1H3. The third-order valence-electron chi connectivity index (χ3n) is 9.69. The number of aryl methyl sites for hydroxylation is 1. The predicted molar refractivity (Wildman–Crippen MR) is 196 cm³/mol. The largest absolute Gasteiger partial charge is 0.327 e. The summed E-state index contributed by atoms with van der Waals surface area (Å²) >= 11 is 0. The van der Waals surface area contributed by atoms with E-state index in [-0.39, 0.29) is 0 Å². The van der Waals surface area contributed by atoms with Gasteiger partial charge in [0.2, 0.25) is 0 Å². The van der Waals surface area contributed by atoms with Gasteiger partial charge in [0.25, 0.3) is 0 Å². The Hall–Kier alpha value is -6.26. The Kier molecular flexibility index (Phi) is 5.46. The van der Waals surface area contributed by atoms with E-state index in [1.54, 1.807) is 0 Å². The van der Waals surface area contributed by atoms with E-state index in [2.05, 4.69) is 168 Å². The van der Waals surface area contributed by atoms with Gasteiger partial charge in [-0.15, -0.1) is 0 Å². The van der Waals surface area contributed by atoms with E-state index in [9.17, 15) is 0 Å². The fourth-order valence-corrected chi connectivity index (χ4v) is 7.63. The summed E-state index contributed by atoms with van der Waals surface area (Å²) in [6.07, 6.45) is 0.